The predicted molar refractivity (Wildman–Crippen MR) is 106 cm³/mol. The summed E-state index contributed by atoms with van der Waals surface area (Å²) in [6.07, 6.45) is 11.6. The molecular weight excluding hydrogens is 509 g/mol. The Kier molecular flexibility index (Phi) is 7.36. The molecule has 1 aromatic carbocycles. The summed E-state index contributed by atoms with van der Waals surface area (Å²) in [4.78, 5) is 0. The summed E-state index contributed by atoms with van der Waals surface area (Å²) in [6, 6.07) is 10.1. The average Bonchev–Trinajstić information content (AvgIpc) is 2.68. The van der Waals surface area contributed by atoms with Crippen LogP contribution in [0.1, 0.15) is 19.4 Å². The molecule has 3 rings (SSSR count). The monoisotopic (exact) mass is 533 g/mol. The molecule has 1 aromatic rings. The molecule has 2 aliphatic rings. The molecule has 0 aromatic heterocycles. The Bertz CT molecular complexity index is 829. The molecule has 4 nitrogen and oxygen atoms in total. The van der Waals surface area contributed by atoms with Crippen LogP contribution < -0.4 is 5.84 Å². The molecule has 0 saturated carbocycles. The number of allylic oxidation sites excluding steroid dienone is 7. The van der Waals surface area contributed by atoms with Gasteiger partial charge in [-0.3, -0.25) is 0 Å². The number of nitrogens with zero attached hydrogens (tertiary/aromatic N) is 3. The molecule has 2 aliphatic heterocycles. The van der Waals surface area contributed by atoms with Crippen LogP contribution in [0.2, 0.25) is 0 Å². The van der Waals surface area contributed by atoms with E-state index in [4.69, 9.17) is 10.9 Å². The Morgan fingerprint density at radius 3 is 2.38 bits per heavy atom. The van der Waals surface area contributed by atoms with Gasteiger partial charge in [0.25, 0.3) is 0 Å². The van der Waals surface area contributed by atoms with E-state index in [1.165, 1.54) is 0 Å². The summed E-state index contributed by atoms with van der Waals surface area (Å²) >= 11 is 0.314. The minimum Gasteiger partial charge on any atom is -0.0683 e. The van der Waals surface area contributed by atoms with Crippen LogP contribution in [-0.4, -0.2) is 13.5 Å². The van der Waals surface area contributed by atoms with Gasteiger partial charge in [-0.2, -0.15) is 0 Å². The Morgan fingerprint density at radius 1 is 1.08 bits per heavy atom. The smallest absolute Gasteiger partial charge is 0.0683 e. The molecule has 5 heteroatoms. The second-order valence-electron chi connectivity index (χ2n) is 5.42. The zero-order valence-corrected chi connectivity index (χ0v) is 20.9. The Labute approximate surface area is 172 Å². The molecule has 2 heterocycles. The van der Waals surface area contributed by atoms with Gasteiger partial charge < -0.3 is 0 Å². The zero-order valence-electron chi connectivity index (χ0n) is 15.4. The van der Waals surface area contributed by atoms with Crippen LogP contribution >= 0.6 is 0 Å². The van der Waals surface area contributed by atoms with Gasteiger partial charge in [0, 0.05) is 0 Å². The summed E-state index contributed by atoms with van der Waals surface area (Å²) in [7, 11) is 0. The maximum atomic E-state index is 6.16. The normalized spacial score (nSPS) is 17.6. The fraction of sp³-hybridized carbons (Fsp3) is 0.0952. The second-order valence-corrected chi connectivity index (χ2v) is 7.75. The van der Waals surface area contributed by atoms with E-state index in [-0.39, 0.29) is 0 Å². The minimum atomic E-state index is 0.314. The van der Waals surface area contributed by atoms with Gasteiger partial charge >= 0.3 is 159 Å². The minimum absolute atomic E-state index is 0.314. The standard InChI is InChI=1S/C19H17N4.C2H6.Hg/c1-14-11-12-17(22-21-14)19(18-10-6-7-13-23(18)20)15(2)16-8-4-3-5-9-16;1-2;/h3-13H,1-2,20H2;1-2H3;/q-1;;+1/b19-18+;;. The Morgan fingerprint density at radius 2 is 1.77 bits per heavy atom. The number of hydrazine groups is 1. The Hall–Kier alpha value is -2.17. The number of hydrazone groups is 1. The van der Waals surface area contributed by atoms with Crippen molar-refractivity contribution in [3.05, 3.63) is 103 Å². The molecule has 0 aliphatic carbocycles. The number of benzene rings is 1. The third-order valence-electron chi connectivity index (χ3n) is 3.82. The van der Waals surface area contributed by atoms with Crippen molar-refractivity contribution in [2.24, 2.45) is 10.9 Å². The van der Waals surface area contributed by atoms with Crippen molar-refractivity contribution in [3.8, 4) is 0 Å². The van der Waals surface area contributed by atoms with E-state index in [1.807, 2.05) is 83.5 Å². The van der Waals surface area contributed by atoms with Crippen LogP contribution in [0.3, 0.4) is 0 Å². The molecule has 0 spiro atoms. The van der Waals surface area contributed by atoms with Crippen LogP contribution in [0.15, 0.2) is 102 Å². The fourth-order valence-electron chi connectivity index (χ4n) is 2.51. The van der Waals surface area contributed by atoms with Gasteiger partial charge in [0.05, 0.1) is 0 Å². The van der Waals surface area contributed by atoms with Crippen LogP contribution in [0, 0.1) is 0 Å². The molecule has 0 fully saturated rings. The third-order valence-corrected chi connectivity index (χ3v) is 5.95. The topological polar surface area (TPSA) is 44.9 Å². The van der Waals surface area contributed by atoms with Crippen LogP contribution in [0.4, 0.5) is 0 Å². The van der Waals surface area contributed by atoms with Crippen molar-refractivity contribution in [1.82, 2.24) is 7.78 Å². The second kappa shape index (κ2) is 9.50. The molecule has 0 saturated heterocycles. The average molecular weight is 532 g/mol. The largest absolute Gasteiger partial charge is 0.0683 e. The van der Waals surface area contributed by atoms with Gasteiger partial charge in [-0.15, -0.1) is 0 Å². The van der Waals surface area contributed by atoms with Gasteiger partial charge in [0.1, 0.15) is 0 Å². The number of rotatable bonds is 3. The fourth-order valence-corrected chi connectivity index (χ4v) is 3.52. The molecular formula is C21H23HgN4. The molecule has 0 radical (unpaired) electrons. The number of hydrogen-bond acceptors (Lipinski definition) is 4. The van der Waals surface area contributed by atoms with Crippen molar-refractivity contribution in [1.29, 1.82) is 0 Å². The SMILES string of the molecule is C=C(/C(C1=N[N]([Hg])C(=C)C=C1)=C1/C=CC=CN1N)c1ccccc1.CC. The van der Waals surface area contributed by atoms with E-state index in [1.54, 1.807) is 5.01 Å². The van der Waals surface area contributed by atoms with Crippen molar-refractivity contribution in [3.63, 3.8) is 0 Å². The third kappa shape index (κ3) is 4.51. The van der Waals surface area contributed by atoms with E-state index in [0.29, 0.717) is 26.4 Å². The molecule has 2 N–H and O–H groups in total. The summed E-state index contributed by atoms with van der Waals surface area (Å²) in [5, 5.41) is 6.31. The van der Waals surface area contributed by atoms with Gasteiger partial charge in [0.15, 0.2) is 0 Å². The summed E-state index contributed by atoms with van der Waals surface area (Å²) < 4.78 is 1.94. The van der Waals surface area contributed by atoms with E-state index in [9.17, 15) is 0 Å². The summed E-state index contributed by atoms with van der Waals surface area (Å²) in [6.45, 7) is 12.3. The van der Waals surface area contributed by atoms with Gasteiger partial charge in [0.2, 0.25) is 0 Å². The van der Waals surface area contributed by atoms with Crippen LogP contribution in [0.25, 0.3) is 5.57 Å². The molecule has 0 bridgehead atoms. The quantitative estimate of drug-likeness (QED) is 0.463. The summed E-state index contributed by atoms with van der Waals surface area (Å²) in [5.41, 5.74) is 5.48. The molecule has 0 unspecified atom stereocenters. The van der Waals surface area contributed by atoms with Crippen LogP contribution in [-0.2, 0) is 26.4 Å². The maximum absolute atomic E-state index is 6.16. The molecule has 129 valence electrons. The van der Waals surface area contributed by atoms with Crippen molar-refractivity contribution < 1.29 is 26.4 Å². The van der Waals surface area contributed by atoms with Gasteiger partial charge in [-0.1, -0.05) is 13.8 Å². The van der Waals surface area contributed by atoms with E-state index < -0.39 is 0 Å². The molecule has 26 heavy (non-hydrogen) atoms. The van der Waals surface area contributed by atoms with E-state index in [2.05, 4.69) is 13.2 Å². The van der Waals surface area contributed by atoms with Crippen LogP contribution in [0.5, 0.6) is 0 Å². The number of nitrogens with two attached hydrogens (primary N) is 1. The number of hydrogen-bond donors (Lipinski definition) is 1. The Balaban J connectivity index is 0.00000117. The first-order chi connectivity index (χ1) is 12.6. The maximum Gasteiger partial charge on any atom is -0.0683 e. The van der Waals surface area contributed by atoms with E-state index >= 15 is 0 Å². The van der Waals surface area contributed by atoms with Gasteiger partial charge in [-0.05, 0) is 0 Å². The van der Waals surface area contributed by atoms with Crippen molar-refractivity contribution in [2.75, 3.05) is 0 Å². The summed E-state index contributed by atoms with van der Waals surface area (Å²) in [5.74, 6) is 6.16. The van der Waals surface area contributed by atoms with Crippen molar-refractivity contribution >= 4 is 11.3 Å². The first-order valence-corrected chi connectivity index (χ1v) is 11.0. The molecule has 0 atom stereocenters. The van der Waals surface area contributed by atoms with Crippen molar-refractivity contribution in [2.45, 2.75) is 13.8 Å². The van der Waals surface area contributed by atoms with E-state index in [0.717, 1.165) is 33.8 Å². The first kappa shape index (κ1) is 20.1. The molecule has 0 amide bonds. The van der Waals surface area contributed by atoms with Gasteiger partial charge in [-0.25, -0.2) is 0 Å². The first-order valence-electron chi connectivity index (χ1n) is 8.52. The predicted octanol–water partition coefficient (Wildman–Crippen LogP) is 4.44. The zero-order chi connectivity index (χ0) is 19.1.